The first-order valence-electron chi connectivity index (χ1n) is 7.56. The van der Waals surface area contributed by atoms with E-state index in [1.165, 1.54) is 18.4 Å². The number of hydrogen-bond acceptors (Lipinski definition) is 5. The Morgan fingerprint density at radius 2 is 2.00 bits per heavy atom. The Morgan fingerprint density at radius 3 is 2.65 bits per heavy atom. The lowest BCUT2D eigenvalue weighted by molar-refractivity contribution is 0.0568. The fourth-order valence-corrected chi connectivity index (χ4v) is 2.77. The molecule has 7 heteroatoms. The van der Waals surface area contributed by atoms with Crippen molar-refractivity contribution in [2.45, 2.75) is 24.7 Å². The van der Waals surface area contributed by atoms with Gasteiger partial charge in [0, 0.05) is 19.3 Å². The molecule has 0 spiro atoms. The van der Waals surface area contributed by atoms with Crippen LogP contribution in [0.4, 0.5) is 0 Å². The van der Waals surface area contributed by atoms with Crippen LogP contribution in [0.5, 0.6) is 0 Å². The van der Waals surface area contributed by atoms with Crippen LogP contribution in [0.2, 0.25) is 0 Å². The van der Waals surface area contributed by atoms with Gasteiger partial charge in [0.25, 0.3) is 5.91 Å². The minimum absolute atomic E-state index is 0.0568. The summed E-state index contributed by atoms with van der Waals surface area (Å²) in [6.45, 7) is 0.932. The van der Waals surface area contributed by atoms with E-state index in [0.717, 1.165) is 6.26 Å². The molecule has 0 bridgehead atoms. The van der Waals surface area contributed by atoms with Crippen LogP contribution in [-0.2, 0) is 0 Å². The molecule has 4 rings (SSSR count). The van der Waals surface area contributed by atoms with E-state index in [1.54, 1.807) is 11.1 Å². The Hall–Kier alpha value is -2.70. The average molecular weight is 313 g/mol. The highest BCUT2D eigenvalue weighted by Crippen LogP contribution is 2.40. The van der Waals surface area contributed by atoms with E-state index in [-0.39, 0.29) is 17.5 Å². The van der Waals surface area contributed by atoms with Crippen LogP contribution in [0.3, 0.4) is 0 Å². The molecular formula is C16H15N3O4. The fourth-order valence-electron chi connectivity index (χ4n) is 2.77. The number of carboxylic acids is 1. The fraction of sp³-hybridized carbons (Fsp3) is 0.375. The molecular weight excluding hydrogens is 298 g/mol. The topological polar surface area (TPSA) is 96.5 Å². The van der Waals surface area contributed by atoms with Gasteiger partial charge in [-0.1, -0.05) is 0 Å². The average Bonchev–Trinajstić information content (AvgIpc) is 3.24. The maximum atomic E-state index is 12.4. The number of nitrogens with zero attached hydrogens (tertiary/aromatic N) is 3. The van der Waals surface area contributed by atoms with Crippen molar-refractivity contribution in [3.63, 3.8) is 0 Å². The molecule has 0 atom stereocenters. The second-order valence-corrected chi connectivity index (χ2v) is 6.03. The number of likely N-dealkylation sites (tertiary alicyclic amines) is 1. The minimum Gasteiger partial charge on any atom is -0.476 e. The van der Waals surface area contributed by atoms with Crippen LogP contribution in [0.25, 0.3) is 0 Å². The highest BCUT2D eigenvalue weighted by molar-refractivity contribution is 5.93. The molecule has 7 nitrogen and oxygen atoms in total. The lowest BCUT2D eigenvalue weighted by atomic mass is 9.99. The van der Waals surface area contributed by atoms with Crippen LogP contribution in [-0.4, -0.2) is 44.9 Å². The molecule has 1 saturated carbocycles. The predicted molar refractivity (Wildman–Crippen MR) is 78.3 cm³/mol. The predicted octanol–water partition coefficient (Wildman–Crippen LogP) is 1.88. The van der Waals surface area contributed by atoms with Crippen molar-refractivity contribution >= 4 is 11.9 Å². The summed E-state index contributed by atoms with van der Waals surface area (Å²) in [5, 5.41) is 8.84. The van der Waals surface area contributed by atoms with Gasteiger partial charge < -0.3 is 14.4 Å². The Bertz CT molecular complexity index is 775. The van der Waals surface area contributed by atoms with Crippen molar-refractivity contribution in [1.29, 1.82) is 0 Å². The largest absolute Gasteiger partial charge is 0.476 e. The van der Waals surface area contributed by atoms with E-state index in [0.29, 0.717) is 30.6 Å². The molecule has 23 heavy (non-hydrogen) atoms. The molecule has 2 fully saturated rings. The number of oxazole rings is 1. The van der Waals surface area contributed by atoms with Crippen LogP contribution >= 0.6 is 0 Å². The van der Waals surface area contributed by atoms with Gasteiger partial charge in [-0.15, -0.1) is 0 Å². The highest BCUT2D eigenvalue weighted by atomic mass is 16.4. The van der Waals surface area contributed by atoms with Gasteiger partial charge in [-0.3, -0.25) is 9.78 Å². The number of amides is 1. The van der Waals surface area contributed by atoms with E-state index in [1.807, 2.05) is 12.1 Å². The zero-order valence-corrected chi connectivity index (χ0v) is 12.3. The molecule has 2 aromatic heterocycles. The first kappa shape index (κ1) is 13.9. The maximum Gasteiger partial charge on any atom is 0.357 e. The quantitative estimate of drug-likeness (QED) is 0.925. The van der Waals surface area contributed by atoms with Gasteiger partial charge >= 0.3 is 5.97 Å². The van der Waals surface area contributed by atoms with Gasteiger partial charge in [0.15, 0.2) is 5.69 Å². The number of aromatic nitrogens is 2. The number of rotatable bonds is 4. The second kappa shape index (κ2) is 5.19. The third kappa shape index (κ3) is 2.58. The van der Waals surface area contributed by atoms with Crippen LogP contribution in [0, 0.1) is 0 Å². The van der Waals surface area contributed by atoms with E-state index >= 15 is 0 Å². The second-order valence-electron chi connectivity index (χ2n) is 6.03. The van der Waals surface area contributed by atoms with Gasteiger partial charge in [-0.2, -0.15) is 0 Å². The van der Waals surface area contributed by atoms with Gasteiger partial charge in [0.1, 0.15) is 12.0 Å². The molecule has 1 saturated heterocycles. The van der Waals surface area contributed by atoms with Gasteiger partial charge in [0.05, 0.1) is 5.92 Å². The lowest BCUT2D eigenvalue weighted by Crippen LogP contribution is -2.48. The molecule has 1 N–H and O–H groups in total. The standard InChI is InChI=1S/C16H15N3O4/c20-15(12-5-10(3-4-17-12)9-1-2-9)19-6-11(7-19)14-18-13(8-23-14)16(21)22/h3-5,8-9,11H,1-2,6-7H2,(H,21,22). The van der Waals surface area contributed by atoms with Crippen molar-refractivity contribution in [1.82, 2.24) is 14.9 Å². The van der Waals surface area contributed by atoms with Crippen molar-refractivity contribution in [2.75, 3.05) is 13.1 Å². The Morgan fingerprint density at radius 1 is 1.22 bits per heavy atom. The van der Waals surface area contributed by atoms with E-state index < -0.39 is 5.97 Å². The number of carboxylic acid groups (broad SMARTS) is 1. The molecule has 0 aromatic carbocycles. The molecule has 3 heterocycles. The molecule has 1 aliphatic heterocycles. The van der Waals surface area contributed by atoms with E-state index in [2.05, 4.69) is 9.97 Å². The third-order valence-electron chi connectivity index (χ3n) is 4.31. The molecule has 118 valence electrons. The van der Waals surface area contributed by atoms with Crippen LogP contribution in [0.15, 0.2) is 29.0 Å². The van der Waals surface area contributed by atoms with E-state index in [9.17, 15) is 9.59 Å². The Kier molecular flexibility index (Phi) is 3.14. The summed E-state index contributed by atoms with van der Waals surface area (Å²) in [5.41, 5.74) is 1.54. The van der Waals surface area contributed by atoms with Crippen molar-refractivity contribution < 1.29 is 19.1 Å². The number of hydrogen-bond donors (Lipinski definition) is 1. The molecule has 2 aromatic rings. The molecule has 2 aliphatic rings. The molecule has 1 aliphatic carbocycles. The Labute approximate surface area is 132 Å². The summed E-state index contributed by atoms with van der Waals surface area (Å²) in [4.78, 5) is 33.0. The monoisotopic (exact) mass is 313 g/mol. The number of pyridine rings is 1. The van der Waals surface area contributed by atoms with Crippen molar-refractivity contribution in [2.24, 2.45) is 0 Å². The van der Waals surface area contributed by atoms with Crippen molar-refractivity contribution in [3.8, 4) is 0 Å². The summed E-state index contributed by atoms with van der Waals surface area (Å²) in [6, 6.07) is 3.84. The summed E-state index contributed by atoms with van der Waals surface area (Å²) in [5.74, 6) is -0.331. The summed E-state index contributed by atoms with van der Waals surface area (Å²) in [7, 11) is 0. The molecule has 0 radical (unpaired) electrons. The van der Waals surface area contributed by atoms with Gasteiger partial charge in [-0.25, -0.2) is 9.78 Å². The molecule has 1 amide bonds. The third-order valence-corrected chi connectivity index (χ3v) is 4.31. The van der Waals surface area contributed by atoms with E-state index in [4.69, 9.17) is 9.52 Å². The van der Waals surface area contributed by atoms with Crippen molar-refractivity contribution in [3.05, 3.63) is 47.4 Å². The van der Waals surface area contributed by atoms with Crippen LogP contribution in [0.1, 0.15) is 57.1 Å². The summed E-state index contributed by atoms with van der Waals surface area (Å²) in [6.07, 6.45) is 5.17. The number of aromatic carboxylic acids is 1. The summed E-state index contributed by atoms with van der Waals surface area (Å²) >= 11 is 0. The lowest BCUT2D eigenvalue weighted by Gasteiger charge is -2.37. The zero-order valence-electron chi connectivity index (χ0n) is 12.3. The first-order chi connectivity index (χ1) is 11.1. The summed E-state index contributed by atoms with van der Waals surface area (Å²) < 4.78 is 5.18. The minimum atomic E-state index is -1.12. The Balaban J connectivity index is 1.41. The zero-order chi connectivity index (χ0) is 16.0. The van der Waals surface area contributed by atoms with Gasteiger partial charge in [-0.05, 0) is 36.5 Å². The van der Waals surface area contributed by atoms with Crippen LogP contribution < -0.4 is 0 Å². The SMILES string of the molecule is O=C(O)c1coc(C2CN(C(=O)c3cc(C4CC4)ccn3)C2)n1. The maximum absolute atomic E-state index is 12.4. The van der Waals surface area contributed by atoms with Gasteiger partial charge in [0.2, 0.25) is 5.89 Å². The molecule has 0 unspecified atom stereocenters. The smallest absolute Gasteiger partial charge is 0.357 e. The highest BCUT2D eigenvalue weighted by Gasteiger charge is 2.36. The number of carbonyl (C=O) groups excluding carboxylic acids is 1. The number of carbonyl (C=O) groups is 2. The first-order valence-corrected chi connectivity index (χ1v) is 7.56. The normalized spacial score (nSPS) is 17.8.